The molecule has 0 atom stereocenters. The van der Waals surface area contributed by atoms with Crippen molar-refractivity contribution in [2.75, 3.05) is 19.6 Å². The molecule has 0 saturated carbocycles. The second-order valence-electron chi connectivity index (χ2n) is 8.26. The first-order chi connectivity index (χ1) is 15.6. The van der Waals surface area contributed by atoms with Crippen LogP contribution < -0.4 is 5.32 Å². The SMILES string of the molecule is O=C(Cc1ccc(-c2ccccc2)cc1)NCC1CCN(C(=O)c2ccccc2F)CC1. The van der Waals surface area contributed by atoms with Gasteiger partial charge in [-0.05, 0) is 47.6 Å². The molecule has 0 aliphatic carbocycles. The number of nitrogens with one attached hydrogen (secondary N) is 1. The average Bonchev–Trinajstić information content (AvgIpc) is 2.84. The number of amides is 2. The van der Waals surface area contributed by atoms with Crippen LogP contribution >= 0.6 is 0 Å². The van der Waals surface area contributed by atoms with Gasteiger partial charge < -0.3 is 10.2 Å². The number of halogens is 1. The van der Waals surface area contributed by atoms with Gasteiger partial charge in [-0.15, -0.1) is 0 Å². The standard InChI is InChI=1S/C27H27FN2O2/c28-25-9-5-4-8-24(25)27(32)30-16-14-21(15-17-30)19-29-26(31)18-20-10-12-23(13-11-20)22-6-2-1-3-7-22/h1-13,21H,14-19H2,(H,29,31). The fraction of sp³-hybridized carbons (Fsp3) is 0.259. The van der Waals surface area contributed by atoms with Gasteiger partial charge in [0.1, 0.15) is 5.82 Å². The third kappa shape index (κ3) is 5.41. The summed E-state index contributed by atoms with van der Waals surface area (Å²) in [5.74, 6) is -0.417. The second-order valence-corrected chi connectivity index (χ2v) is 8.26. The van der Waals surface area contributed by atoms with Crippen LogP contribution in [0.5, 0.6) is 0 Å². The van der Waals surface area contributed by atoms with Gasteiger partial charge in [-0.2, -0.15) is 0 Å². The number of carbonyl (C=O) groups excluding carboxylic acids is 2. The molecule has 0 bridgehead atoms. The molecule has 4 nitrogen and oxygen atoms in total. The summed E-state index contributed by atoms with van der Waals surface area (Å²) in [4.78, 5) is 26.6. The van der Waals surface area contributed by atoms with Crippen molar-refractivity contribution >= 4 is 11.8 Å². The van der Waals surface area contributed by atoms with Crippen molar-refractivity contribution in [2.45, 2.75) is 19.3 Å². The average molecular weight is 431 g/mol. The lowest BCUT2D eigenvalue weighted by molar-refractivity contribution is -0.120. The number of hydrogen-bond acceptors (Lipinski definition) is 2. The van der Waals surface area contributed by atoms with Gasteiger partial charge in [0.25, 0.3) is 5.91 Å². The van der Waals surface area contributed by atoms with Gasteiger partial charge in [0.15, 0.2) is 0 Å². The monoisotopic (exact) mass is 430 g/mol. The molecule has 0 radical (unpaired) electrons. The predicted molar refractivity (Wildman–Crippen MR) is 124 cm³/mol. The van der Waals surface area contributed by atoms with Gasteiger partial charge in [0, 0.05) is 19.6 Å². The van der Waals surface area contributed by atoms with E-state index in [1.807, 2.05) is 42.5 Å². The van der Waals surface area contributed by atoms with Gasteiger partial charge in [-0.25, -0.2) is 4.39 Å². The number of carbonyl (C=O) groups is 2. The largest absolute Gasteiger partial charge is 0.356 e. The lowest BCUT2D eigenvalue weighted by Crippen LogP contribution is -2.42. The molecule has 0 spiro atoms. The molecule has 5 heteroatoms. The Kier molecular flexibility index (Phi) is 6.95. The molecule has 0 unspecified atom stereocenters. The molecule has 32 heavy (non-hydrogen) atoms. The normalized spacial score (nSPS) is 14.2. The molecule has 1 aliphatic rings. The Morgan fingerprint density at radius 2 is 1.47 bits per heavy atom. The Morgan fingerprint density at radius 3 is 2.16 bits per heavy atom. The zero-order chi connectivity index (χ0) is 22.3. The van der Waals surface area contributed by atoms with Crippen molar-refractivity contribution in [1.82, 2.24) is 10.2 Å². The fourth-order valence-electron chi connectivity index (χ4n) is 4.10. The summed E-state index contributed by atoms with van der Waals surface area (Å²) in [5.41, 5.74) is 3.39. The van der Waals surface area contributed by atoms with E-state index in [0.29, 0.717) is 32.0 Å². The highest BCUT2D eigenvalue weighted by atomic mass is 19.1. The van der Waals surface area contributed by atoms with Crippen LogP contribution in [0, 0.1) is 11.7 Å². The first kappa shape index (κ1) is 21.8. The Balaban J connectivity index is 1.21. The number of piperidine rings is 1. The zero-order valence-corrected chi connectivity index (χ0v) is 18.0. The van der Waals surface area contributed by atoms with Crippen molar-refractivity contribution in [3.8, 4) is 11.1 Å². The summed E-state index contributed by atoms with van der Waals surface area (Å²) >= 11 is 0. The number of nitrogens with zero attached hydrogens (tertiary/aromatic N) is 1. The van der Waals surface area contributed by atoms with Crippen LogP contribution in [0.3, 0.4) is 0 Å². The van der Waals surface area contributed by atoms with E-state index in [9.17, 15) is 14.0 Å². The Morgan fingerprint density at radius 1 is 0.844 bits per heavy atom. The molecule has 1 saturated heterocycles. The maximum atomic E-state index is 13.9. The summed E-state index contributed by atoms with van der Waals surface area (Å²) in [6.07, 6.45) is 1.94. The van der Waals surface area contributed by atoms with Crippen LogP contribution in [-0.4, -0.2) is 36.3 Å². The maximum absolute atomic E-state index is 13.9. The number of likely N-dealkylation sites (tertiary alicyclic amines) is 1. The third-order valence-electron chi connectivity index (χ3n) is 6.02. The molecule has 164 valence electrons. The quantitative estimate of drug-likeness (QED) is 0.616. The number of hydrogen-bond donors (Lipinski definition) is 1. The molecular formula is C27H27FN2O2. The Bertz CT molecular complexity index is 1060. The summed E-state index contributed by atoms with van der Waals surface area (Å²) in [6.45, 7) is 1.76. The highest BCUT2D eigenvalue weighted by Gasteiger charge is 2.25. The van der Waals surface area contributed by atoms with Crippen LogP contribution in [0.1, 0.15) is 28.8 Å². The molecule has 1 aliphatic heterocycles. The highest BCUT2D eigenvalue weighted by molar-refractivity contribution is 5.94. The maximum Gasteiger partial charge on any atom is 0.256 e. The van der Waals surface area contributed by atoms with E-state index in [1.54, 1.807) is 17.0 Å². The van der Waals surface area contributed by atoms with Crippen LogP contribution in [0.2, 0.25) is 0 Å². The summed E-state index contributed by atoms with van der Waals surface area (Å²) < 4.78 is 13.9. The van der Waals surface area contributed by atoms with E-state index < -0.39 is 5.82 Å². The van der Waals surface area contributed by atoms with Crippen LogP contribution in [-0.2, 0) is 11.2 Å². The molecule has 1 N–H and O–H groups in total. The molecule has 4 rings (SSSR count). The van der Waals surface area contributed by atoms with Gasteiger partial charge >= 0.3 is 0 Å². The molecule has 3 aromatic carbocycles. The van der Waals surface area contributed by atoms with Gasteiger partial charge in [-0.1, -0.05) is 66.7 Å². The van der Waals surface area contributed by atoms with Crippen molar-refractivity contribution in [3.05, 3.63) is 95.8 Å². The summed E-state index contributed by atoms with van der Waals surface area (Å²) in [5, 5.41) is 3.03. The van der Waals surface area contributed by atoms with E-state index in [2.05, 4.69) is 17.4 Å². The van der Waals surface area contributed by atoms with E-state index in [4.69, 9.17) is 0 Å². The van der Waals surface area contributed by atoms with Crippen molar-refractivity contribution in [2.24, 2.45) is 5.92 Å². The molecular weight excluding hydrogens is 403 g/mol. The van der Waals surface area contributed by atoms with Crippen molar-refractivity contribution < 1.29 is 14.0 Å². The van der Waals surface area contributed by atoms with Gasteiger partial charge in [0.05, 0.1) is 12.0 Å². The first-order valence-corrected chi connectivity index (χ1v) is 11.0. The van der Waals surface area contributed by atoms with E-state index in [1.165, 1.54) is 12.1 Å². The second kappa shape index (κ2) is 10.2. The van der Waals surface area contributed by atoms with Gasteiger partial charge in [0.2, 0.25) is 5.91 Å². The minimum absolute atomic E-state index is 0.00215. The molecule has 0 aromatic heterocycles. The van der Waals surface area contributed by atoms with E-state index >= 15 is 0 Å². The summed E-state index contributed by atoms with van der Waals surface area (Å²) in [6, 6.07) is 24.3. The lowest BCUT2D eigenvalue weighted by Gasteiger charge is -2.32. The zero-order valence-electron chi connectivity index (χ0n) is 18.0. The van der Waals surface area contributed by atoms with Crippen molar-refractivity contribution in [3.63, 3.8) is 0 Å². The third-order valence-corrected chi connectivity index (χ3v) is 6.02. The minimum Gasteiger partial charge on any atom is -0.356 e. The number of benzene rings is 3. The Labute approximate surface area is 188 Å². The Hall–Kier alpha value is -3.47. The summed E-state index contributed by atoms with van der Waals surface area (Å²) in [7, 11) is 0. The van der Waals surface area contributed by atoms with E-state index in [-0.39, 0.29) is 17.4 Å². The molecule has 1 fully saturated rings. The van der Waals surface area contributed by atoms with Crippen LogP contribution in [0.4, 0.5) is 4.39 Å². The molecule has 2 amide bonds. The molecule has 1 heterocycles. The van der Waals surface area contributed by atoms with Crippen molar-refractivity contribution in [1.29, 1.82) is 0 Å². The van der Waals surface area contributed by atoms with Crippen LogP contribution in [0.25, 0.3) is 11.1 Å². The van der Waals surface area contributed by atoms with Gasteiger partial charge in [-0.3, -0.25) is 9.59 Å². The topological polar surface area (TPSA) is 49.4 Å². The lowest BCUT2D eigenvalue weighted by atomic mass is 9.96. The fourth-order valence-corrected chi connectivity index (χ4v) is 4.10. The number of rotatable bonds is 6. The smallest absolute Gasteiger partial charge is 0.256 e. The molecule has 3 aromatic rings. The van der Waals surface area contributed by atoms with E-state index in [0.717, 1.165) is 29.5 Å². The predicted octanol–water partition coefficient (Wildman–Crippen LogP) is 4.70. The highest BCUT2D eigenvalue weighted by Crippen LogP contribution is 2.21. The van der Waals surface area contributed by atoms with Crippen LogP contribution in [0.15, 0.2) is 78.9 Å². The first-order valence-electron chi connectivity index (χ1n) is 11.0. The minimum atomic E-state index is -0.483.